The van der Waals surface area contributed by atoms with Crippen molar-refractivity contribution in [2.45, 2.75) is 97.8 Å². The summed E-state index contributed by atoms with van der Waals surface area (Å²) in [5.74, 6) is 0.945. The number of rotatable bonds is 24. The molecule has 0 spiro atoms. The molecule has 0 bridgehead atoms. The molecule has 0 aliphatic heterocycles. The summed E-state index contributed by atoms with van der Waals surface area (Å²) in [4.78, 5) is 8.13. The second-order valence-corrected chi connectivity index (χ2v) is 16.6. The highest BCUT2D eigenvalue weighted by atomic mass is 16.3. The van der Waals surface area contributed by atoms with E-state index in [4.69, 9.17) is 0 Å². The quantitative estimate of drug-likeness (QED) is 0.0658. The van der Waals surface area contributed by atoms with Crippen molar-refractivity contribution in [3.05, 3.63) is 179 Å². The molecule has 0 unspecified atom stereocenters. The molecule has 0 amide bonds. The average molecular weight is 753 g/mol. The van der Waals surface area contributed by atoms with Crippen molar-refractivity contribution in [2.75, 3.05) is 26.2 Å². The molecular weight excluding hydrogens is 685 g/mol. The Kier molecular flexibility index (Phi) is 17.8. The second-order valence-electron chi connectivity index (χ2n) is 16.6. The van der Waals surface area contributed by atoms with Gasteiger partial charge in [0.1, 0.15) is 0 Å². The van der Waals surface area contributed by atoms with Crippen LogP contribution in [0.5, 0.6) is 0 Å². The predicted molar refractivity (Wildman–Crippen MR) is 236 cm³/mol. The Morgan fingerprint density at radius 1 is 0.464 bits per heavy atom. The van der Waals surface area contributed by atoms with E-state index in [9.17, 15) is 5.11 Å². The summed E-state index contributed by atoms with van der Waals surface area (Å²) in [7, 11) is 0. The lowest BCUT2D eigenvalue weighted by molar-refractivity contribution is 0.0322. The highest BCUT2D eigenvalue weighted by Gasteiger charge is 2.32. The van der Waals surface area contributed by atoms with Gasteiger partial charge in [0.05, 0.1) is 6.61 Å². The van der Waals surface area contributed by atoms with E-state index in [0.717, 1.165) is 58.7 Å². The fourth-order valence-electron chi connectivity index (χ4n) is 8.10. The molecule has 2 N–H and O–H groups in total. The van der Waals surface area contributed by atoms with E-state index in [1.54, 1.807) is 0 Å². The van der Waals surface area contributed by atoms with Gasteiger partial charge in [-0.15, -0.1) is 0 Å². The van der Waals surface area contributed by atoms with Gasteiger partial charge in [0.15, 0.2) is 0 Å². The van der Waals surface area contributed by atoms with Crippen LogP contribution in [0.2, 0.25) is 0 Å². The molecule has 0 aromatic heterocycles. The molecule has 0 saturated heterocycles. The minimum atomic E-state index is -0.00198. The summed E-state index contributed by atoms with van der Waals surface area (Å²) in [5.41, 5.74) is 6.55. The summed E-state index contributed by atoms with van der Waals surface area (Å²) in [6.45, 7) is 18.2. The number of nitrogens with one attached hydrogen (secondary N) is 1. The van der Waals surface area contributed by atoms with Crippen molar-refractivity contribution >= 4 is 0 Å². The first-order valence-electron chi connectivity index (χ1n) is 21.0. The molecule has 5 aromatic carbocycles. The summed E-state index contributed by atoms with van der Waals surface area (Å²) < 4.78 is 0. The van der Waals surface area contributed by atoms with Gasteiger partial charge >= 0.3 is 0 Å². The second kappa shape index (κ2) is 23.2. The van der Waals surface area contributed by atoms with Crippen LogP contribution in [0, 0.1) is 11.8 Å². The van der Waals surface area contributed by atoms with Crippen molar-refractivity contribution in [3.8, 4) is 0 Å². The molecule has 298 valence electrons. The molecule has 0 heterocycles. The van der Waals surface area contributed by atoms with Crippen molar-refractivity contribution < 1.29 is 5.11 Å². The molecule has 0 radical (unpaired) electrons. The Labute approximate surface area is 339 Å². The van der Waals surface area contributed by atoms with E-state index in [0.29, 0.717) is 23.9 Å². The Hall–Kier alpha value is -4.10. The lowest BCUT2D eigenvalue weighted by Crippen LogP contribution is -2.55. The van der Waals surface area contributed by atoms with Crippen LogP contribution in [0.4, 0.5) is 0 Å². The minimum Gasteiger partial charge on any atom is -0.395 e. The molecule has 4 atom stereocenters. The summed E-state index contributed by atoms with van der Waals surface area (Å²) in [6, 6.07) is 55.2. The molecule has 0 aliphatic rings. The average Bonchev–Trinajstić information content (AvgIpc) is 3.21. The summed E-state index contributed by atoms with van der Waals surface area (Å²) >= 11 is 0. The summed E-state index contributed by atoms with van der Waals surface area (Å²) in [6.07, 6.45) is 1.88. The maximum atomic E-state index is 11.1. The van der Waals surface area contributed by atoms with Gasteiger partial charge in [-0.3, -0.25) is 14.7 Å². The van der Waals surface area contributed by atoms with Gasteiger partial charge in [-0.1, -0.05) is 179 Å². The maximum Gasteiger partial charge on any atom is 0.0590 e. The third-order valence-corrected chi connectivity index (χ3v) is 11.1. The minimum absolute atomic E-state index is 0.00198. The van der Waals surface area contributed by atoms with Crippen LogP contribution in [-0.2, 0) is 32.6 Å². The van der Waals surface area contributed by atoms with Gasteiger partial charge in [0.2, 0.25) is 0 Å². The normalized spacial score (nSPS) is 14.1. The van der Waals surface area contributed by atoms with E-state index >= 15 is 0 Å². The van der Waals surface area contributed by atoms with Crippen LogP contribution in [0.1, 0.15) is 68.9 Å². The largest absolute Gasteiger partial charge is 0.395 e. The lowest BCUT2D eigenvalue weighted by atomic mass is 9.95. The fraction of sp³-hybridized carbons (Fsp3) is 0.412. The number of aliphatic hydroxyl groups excluding tert-OH is 1. The highest BCUT2D eigenvalue weighted by molar-refractivity contribution is 5.19. The van der Waals surface area contributed by atoms with Gasteiger partial charge in [0.25, 0.3) is 0 Å². The standard InChI is InChI=1S/C51H68N4O/c1-41(2)31-49(38-53(35-46-25-15-8-16-26-46)50(40-56)32-44-21-11-6-12-22-44)54(36-47-27-17-9-18-28-47)39-51(42(3)4)55(37-48-29-19-10-20-30-48)34-43(5)52-33-45-23-13-7-14-24-45/h6-30,41-43,49-52,56H,31-40H2,1-5H3/t43-,49-,50-,51+/m0/s1. The third kappa shape index (κ3) is 14.4. The molecule has 0 fully saturated rings. The van der Waals surface area contributed by atoms with E-state index in [1.807, 2.05) is 0 Å². The molecule has 5 rings (SSSR count). The van der Waals surface area contributed by atoms with Crippen LogP contribution in [0.15, 0.2) is 152 Å². The topological polar surface area (TPSA) is 42.0 Å². The van der Waals surface area contributed by atoms with Gasteiger partial charge in [-0.25, -0.2) is 0 Å². The van der Waals surface area contributed by atoms with E-state index in [2.05, 4.69) is 206 Å². The molecule has 0 aliphatic carbocycles. The number of benzene rings is 5. The van der Waals surface area contributed by atoms with E-state index in [-0.39, 0.29) is 18.7 Å². The zero-order chi connectivity index (χ0) is 39.5. The number of nitrogens with zero attached hydrogens (tertiary/aromatic N) is 3. The van der Waals surface area contributed by atoms with Crippen LogP contribution in [-0.4, -0.2) is 70.2 Å². The van der Waals surface area contributed by atoms with Crippen LogP contribution < -0.4 is 5.32 Å². The monoisotopic (exact) mass is 753 g/mol. The van der Waals surface area contributed by atoms with Crippen molar-refractivity contribution in [1.29, 1.82) is 0 Å². The van der Waals surface area contributed by atoms with Crippen molar-refractivity contribution in [1.82, 2.24) is 20.0 Å². The van der Waals surface area contributed by atoms with Gasteiger partial charge in [0, 0.05) is 70.0 Å². The maximum absolute atomic E-state index is 11.1. The zero-order valence-corrected chi connectivity index (χ0v) is 34.8. The Balaban J connectivity index is 1.49. The Morgan fingerprint density at radius 3 is 1.30 bits per heavy atom. The van der Waals surface area contributed by atoms with Crippen LogP contribution in [0.25, 0.3) is 0 Å². The predicted octanol–water partition coefficient (Wildman–Crippen LogP) is 9.71. The Morgan fingerprint density at radius 2 is 0.875 bits per heavy atom. The van der Waals surface area contributed by atoms with Crippen LogP contribution >= 0.6 is 0 Å². The zero-order valence-electron chi connectivity index (χ0n) is 34.8. The molecule has 0 saturated carbocycles. The molecular formula is C51H68N4O. The van der Waals surface area contributed by atoms with E-state index in [1.165, 1.54) is 27.8 Å². The summed E-state index contributed by atoms with van der Waals surface area (Å²) in [5, 5.41) is 14.9. The fourth-order valence-corrected chi connectivity index (χ4v) is 8.10. The molecule has 5 nitrogen and oxygen atoms in total. The lowest BCUT2D eigenvalue weighted by Gasteiger charge is -2.44. The van der Waals surface area contributed by atoms with Gasteiger partial charge in [-0.2, -0.15) is 0 Å². The number of hydrogen-bond donors (Lipinski definition) is 2. The number of aliphatic hydroxyl groups is 1. The highest BCUT2D eigenvalue weighted by Crippen LogP contribution is 2.25. The third-order valence-electron chi connectivity index (χ3n) is 11.1. The SMILES string of the molecule is CC(C)C[C@@H](CN(Cc1ccccc1)[C@H](CO)Cc1ccccc1)N(Cc1ccccc1)C[C@H](C(C)C)N(Cc1ccccc1)C[C@H](C)NCc1ccccc1. The Bertz CT molecular complexity index is 1740. The molecule has 5 heteroatoms. The van der Waals surface area contributed by atoms with Gasteiger partial charge < -0.3 is 10.4 Å². The van der Waals surface area contributed by atoms with Crippen LogP contribution in [0.3, 0.4) is 0 Å². The molecule has 5 aromatic rings. The number of hydrogen-bond acceptors (Lipinski definition) is 5. The molecule has 56 heavy (non-hydrogen) atoms. The van der Waals surface area contributed by atoms with Crippen molar-refractivity contribution in [3.63, 3.8) is 0 Å². The first-order chi connectivity index (χ1) is 27.3. The first kappa shape index (κ1) is 43.0. The van der Waals surface area contributed by atoms with E-state index < -0.39 is 0 Å². The first-order valence-corrected chi connectivity index (χ1v) is 21.0. The smallest absolute Gasteiger partial charge is 0.0590 e. The van der Waals surface area contributed by atoms with Gasteiger partial charge in [-0.05, 0) is 59.4 Å². The van der Waals surface area contributed by atoms with Crippen molar-refractivity contribution in [2.24, 2.45) is 11.8 Å².